The summed E-state index contributed by atoms with van der Waals surface area (Å²) >= 11 is 0. The van der Waals surface area contributed by atoms with Crippen molar-refractivity contribution in [3.05, 3.63) is 34.9 Å². The van der Waals surface area contributed by atoms with Crippen LogP contribution in [0, 0.1) is 18.3 Å². The summed E-state index contributed by atoms with van der Waals surface area (Å²) in [4.78, 5) is 0. The Bertz CT molecular complexity index is 338. The van der Waals surface area contributed by atoms with Crippen molar-refractivity contribution in [1.29, 1.82) is 5.26 Å². The van der Waals surface area contributed by atoms with Crippen LogP contribution in [-0.2, 0) is 6.61 Å². The first-order valence-electron chi connectivity index (χ1n) is 4.29. The molecule has 0 fully saturated rings. The van der Waals surface area contributed by atoms with Gasteiger partial charge in [0, 0.05) is 0 Å². The second kappa shape index (κ2) is 4.06. The minimum absolute atomic E-state index is 0.00162. The molecule has 0 heterocycles. The maximum absolute atomic E-state index is 9.04. The van der Waals surface area contributed by atoms with Crippen molar-refractivity contribution in [3.8, 4) is 6.07 Å². The van der Waals surface area contributed by atoms with Crippen LogP contribution in [0.5, 0.6) is 0 Å². The summed E-state index contributed by atoms with van der Waals surface area (Å²) in [7, 11) is 0. The minimum atomic E-state index is -0.151. The van der Waals surface area contributed by atoms with Crippen molar-refractivity contribution in [2.45, 2.75) is 26.4 Å². The van der Waals surface area contributed by atoms with Crippen LogP contribution in [0.4, 0.5) is 0 Å². The minimum Gasteiger partial charge on any atom is -0.392 e. The van der Waals surface area contributed by atoms with E-state index in [-0.39, 0.29) is 12.5 Å². The Morgan fingerprint density at radius 2 is 2.23 bits per heavy atom. The summed E-state index contributed by atoms with van der Waals surface area (Å²) < 4.78 is 0. The zero-order chi connectivity index (χ0) is 9.84. The molecular formula is C11H13NO. The Hall–Kier alpha value is -1.33. The third-order valence-corrected chi connectivity index (χ3v) is 2.13. The van der Waals surface area contributed by atoms with Crippen LogP contribution >= 0.6 is 0 Å². The van der Waals surface area contributed by atoms with Crippen LogP contribution in [0.2, 0.25) is 0 Å². The molecule has 0 spiro atoms. The number of nitrogens with zero attached hydrogens (tertiary/aromatic N) is 1. The zero-order valence-electron chi connectivity index (χ0n) is 7.91. The first kappa shape index (κ1) is 9.76. The average molecular weight is 175 g/mol. The molecule has 0 aliphatic carbocycles. The van der Waals surface area contributed by atoms with Crippen LogP contribution in [0.15, 0.2) is 18.2 Å². The lowest BCUT2D eigenvalue weighted by Crippen LogP contribution is -1.97. The van der Waals surface area contributed by atoms with Crippen molar-refractivity contribution >= 4 is 0 Å². The third kappa shape index (κ3) is 2.07. The van der Waals surface area contributed by atoms with Gasteiger partial charge in [0.2, 0.25) is 0 Å². The molecule has 1 rings (SSSR count). The Labute approximate surface area is 78.4 Å². The Morgan fingerprint density at radius 1 is 1.54 bits per heavy atom. The molecule has 0 saturated carbocycles. The van der Waals surface area contributed by atoms with Crippen LogP contribution in [0.25, 0.3) is 0 Å². The summed E-state index contributed by atoms with van der Waals surface area (Å²) in [5, 5.41) is 17.8. The number of nitriles is 1. The molecule has 2 heteroatoms. The molecule has 0 saturated heterocycles. The standard InChI is InChI=1S/C11H13NO/c1-8-3-4-10(7-13)11(5-8)9(2)6-12/h3-5,9,13H,7H2,1-2H3. The molecule has 1 atom stereocenters. The smallest absolute Gasteiger partial charge is 0.0701 e. The van der Waals surface area contributed by atoms with Crippen LogP contribution < -0.4 is 0 Å². The van der Waals surface area contributed by atoms with Gasteiger partial charge in [-0.25, -0.2) is 0 Å². The highest BCUT2D eigenvalue weighted by Crippen LogP contribution is 2.20. The molecule has 0 aromatic heterocycles. The lowest BCUT2D eigenvalue weighted by Gasteiger charge is -2.09. The molecule has 0 bridgehead atoms. The first-order chi connectivity index (χ1) is 6.19. The predicted molar refractivity (Wildman–Crippen MR) is 51.1 cm³/mol. The van der Waals surface area contributed by atoms with Crippen LogP contribution in [0.1, 0.15) is 29.5 Å². The van der Waals surface area contributed by atoms with Gasteiger partial charge in [0.1, 0.15) is 0 Å². The fourth-order valence-corrected chi connectivity index (χ4v) is 1.33. The SMILES string of the molecule is Cc1ccc(CO)c(C(C)C#N)c1. The van der Waals surface area contributed by atoms with Gasteiger partial charge in [-0.05, 0) is 25.0 Å². The van der Waals surface area contributed by atoms with Gasteiger partial charge in [0.05, 0.1) is 18.6 Å². The van der Waals surface area contributed by atoms with Crippen molar-refractivity contribution in [2.24, 2.45) is 0 Å². The molecule has 1 aromatic rings. The van der Waals surface area contributed by atoms with E-state index in [1.807, 2.05) is 32.0 Å². The lowest BCUT2D eigenvalue weighted by molar-refractivity contribution is 0.280. The van der Waals surface area contributed by atoms with Crippen molar-refractivity contribution < 1.29 is 5.11 Å². The quantitative estimate of drug-likeness (QED) is 0.748. The fourth-order valence-electron chi connectivity index (χ4n) is 1.33. The summed E-state index contributed by atoms with van der Waals surface area (Å²) in [6.07, 6.45) is 0. The van der Waals surface area contributed by atoms with E-state index in [0.29, 0.717) is 0 Å². The highest BCUT2D eigenvalue weighted by atomic mass is 16.3. The lowest BCUT2D eigenvalue weighted by atomic mass is 9.95. The molecule has 68 valence electrons. The molecule has 2 nitrogen and oxygen atoms in total. The molecule has 0 radical (unpaired) electrons. The molecule has 0 aliphatic rings. The van der Waals surface area contributed by atoms with Gasteiger partial charge in [0.15, 0.2) is 0 Å². The second-order valence-corrected chi connectivity index (χ2v) is 3.21. The number of hydrogen-bond acceptors (Lipinski definition) is 2. The normalized spacial score (nSPS) is 12.2. The number of benzene rings is 1. The zero-order valence-corrected chi connectivity index (χ0v) is 7.91. The maximum Gasteiger partial charge on any atom is 0.0701 e. The summed E-state index contributed by atoms with van der Waals surface area (Å²) in [5.41, 5.74) is 2.90. The second-order valence-electron chi connectivity index (χ2n) is 3.21. The summed E-state index contributed by atoms with van der Waals surface area (Å²) in [6, 6.07) is 7.95. The predicted octanol–water partition coefficient (Wildman–Crippen LogP) is 2.11. The van der Waals surface area contributed by atoms with Gasteiger partial charge in [-0.2, -0.15) is 5.26 Å². The highest BCUT2D eigenvalue weighted by Gasteiger charge is 2.08. The molecule has 0 amide bonds. The largest absolute Gasteiger partial charge is 0.392 e. The maximum atomic E-state index is 9.04. The van der Waals surface area contributed by atoms with E-state index in [1.165, 1.54) is 0 Å². The van der Waals surface area contributed by atoms with Crippen LogP contribution in [0.3, 0.4) is 0 Å². The first-order valence-corrected chi connectivity index (χ1v) is 4.29. The molecule has 1 unspecified atom stereocenters. The van der Waals surface area contributed by atoms with Gasteiger partial charge < -0.3 is 5.11 Å². The van der Waals surface area contributed by atoms with E-state index in [4.69, 9.17) is 10.4 Å². The Morgan fingerprint density at radius 3 is 2.77 bits per heavy atom. The molecule has 1 aromatic carbocycles. The van der Waals surface area contributed by atoms with Gasteiger partial charge in [0.25, 0.3) is 0 Å². The van der Waals surface area contributed by atoms with E-state index in [0.717, 1.165) is 16.7 Å². The number of rotatable bonds is 2. The van der Waals surface area contributed by atoms with E-state index < -0.39 is 0 Å². The van der Waals surface area contributed by atoms with Crippen molar-refractivity contribution in [2.75, 3.05) is 0 Å². The van der Waals surface area contributed by atoms with Crippen molar-refractivity contribution in [1.82, 2.24) is 0 Å². The monoisotopic (exact) mass is 175 g/mol. The van der Waals surface area contributed by atoms with Gasteiger partial charge in [-0.15, -0.1) is 0 Å². The third-order valence-electron chi connectivity index (χ3n) is 2.13. The molecule has 1 N–H and O–H groups in total. The fraction of sp³-hybridized carbons (Fsp3) is 0.364. The average Bonchev–Trinajstić information content (AvgIpc) is 2.16. The summed E-state index contributed by atoms with van der Waals surface area (Å²) in [6.45, 7) is 3.82. The van der Waals surface area contributed by atoms with E-state index in [9.17, 15) is 0 Å². The number of hydrogen-bond donors (Lipinski definition) is 1. The van der Waals surface area contributed by atoms with Gasteiger partial charge in [-0.3, -0.25) is 0 Å². The van der Waals surface area contributed by atoms with Gasteiger partial charge in [-0.1, -0.05) is 23.8 Å². The summed E-state index contributed by atoms with van der Waals surface area (Å²) in [5.74, 6) is -0.151. The number of aliphatic hydroxyl groups excluding tert-OH is 1. The topological polar surface area (TPSA) is 44.0 Å². The van der Waals surface area contributed by atoms with Crippen LogP contribution in [-0.4, -0.2) is 5.11 Å². The van der Waals surface area contributed by atoms with Crippen molar-refractivity contribution in [3.63, 3.8) is 0 Å². The van der Waals surface area contributed by atoms with E-state index >= 15 is 0 Å². The Kier molecular flexibility index (Phi) is 3.05. The number of aliphatic hydroxyl groups is 1. The highest BCUT2D eigenvalue weighted by molar-refractivity contribution is 5.36. The molecule has 13 heavy (non-hydrogen) atoms. The van der Waals surface area contributed by atoms with E-state index in [2.05, 4.69) is 6.07 Å². The Balaban J connectivity index is 3.17. The van der Waals surface area contributed by atoms with E-state index in [1.54, 1.807) is 0 Å². The number of aryl methyl sites for hydroxylation is 1. The van der Waals surface area contributed by atoms with Gasteiger partial charge >= 0.3 is 0 Å². The molecule has 0 aliphatic heterocycles. The molecular weight excluding hydrogens is 162 g/mol.